The van der Waals surface area contributed by atoms with Gasteiger partial charge in [0.1, 0.15) is 18.2 Å². The lowest BCUT2D eigenvalue weighted by Gasteiger charge is -2.43. The summed E-state index contributed by atoms with van der Waals surface area (Å²) in [5.74, 6) is 0.521. The molecule has 1 heterocycles. The number of carbonyl (C=O) groups is 1. The first-order valence-electron chi connectivity index (χ1n) is 19.1. The first-order valence-corrected chi connectivity index (χ1v) is 19.1. The van der Waals surface area contributed by atoms with E-state index >= 15 is 0 Å². The van der Waals surface area contributed by atoms with Crippen LogP contribution in [0.2, 0.25) is 0 Å². The standard InChI is InChI=1S/C46H50FN3O2/c47-41-27-25-37(26-28-41)45(51)50(43-23-14-24-44(34-43)52-32-31-49-29-11-4-12-30-49)35-36-15-13-22-42(33-36)48-46(38-16-5-1-6-17-38,39-18-7-2-8-19-39)40-20-9-3-10-21-40/h1-3,5-10,14,16-21,23-28,34,36,42,48H,4,11-13,15,22,29-33,35H2. The molecule has 6 heteroatoms. The van der Waals surface area contributed by atoms with Crippen molar-refractivity contribution in [3.63, 3.8) is 0 Å². The number of amides is 1. The third-order valence-electron chi connectivity index (χ3n) is 10.9. The van der Waals surface area contributed by atoms with E-state index in [2.05, 4.69) is 101 Å². The largest absolute Gasteiger partial charge is 0.492 e. The number of piperidine rings is 1. The van der Waals surface area contributed by atoms with E-state index < -0.39 is 5.54 Å². The minimum Gasteiger partial charge on any atom is -0.492 e. The Bertz CT molecular complexity index is 1750. The highest BCUT2D eigenvalue weighted by Gasteiger charge is 2.39. The van der Waals surface area contributed by atoms with Crippen molar-refractivity contribution in [3.05, 3.63) is 168 Å². The fourth-order valence-corrected chi connectivity index (χ4v) is 8.24. The Morgan fingerprint density at radius 3 is 1.96 bits per heavy atom. The van der Waals surface area contributed by atoms with Gasteiger partial charge in [-0.2, -0.15) is 0 Å². The molecular formula is C46H50FN3O2. The second-order valence-electron chi connectivity index (χ2n) is 14.4. The van der Waals surface area contributed by atoms with Crippen LogP contribution < -0.4 is 15.0 Å². The highest BCUT2D eigenvalue weighted by molar-refractivity contribution is 6.06. The maximum atomic E-state index is 14.3. The molecule has 0 radical (unpaired) electrons. The molecule has 268 valence electrons. The summed E-state index contributed by atoms with van der Waals surface area (Å²) in [7, 11) is 0. The van der Waals surface area contributed by atoms with Crippen LogP contribution in [0.4, 0.5) is 10.1 Å². The summed E-state index contributed by atoms with van der Waals surface area (Å²) in [4.78, 5) is 18.6. The number of likely N-dealkylation sites (tertiary alicyclic amines) is 1. The molecule has 1 amide bonds. The normalized spacial score (nSPS) is 18.1. The first-order chi connectivity index (χ1) is 25.6. The second-order valence-corrected chi connectivity index (χ2v) is 14.4. The number of benzene rings is 5. The van der Waals surface area contributed by atoms with Crippen molar-refractivity contribution in [2.45, 2.75) is 56.5 Å². The highest BCUT2D eigenvalue weighted by atomic mass is 19.1. The number of ether oxygens (including phenoxy) is 1. The second kappa shape index (κ2) is 17.2. The lowest BCUT2D eigenvalue weighted by molar-refractivity contribution is 0.0978. The lowest BCUT2D eigenvalue weighted by Crippen LogP contribution is -2.51. The van der Waals surface area contributed by atoms with E-state index in [4.69, 9.17) is 4.74 Å². The van der Waals surface area contributed by atoms with Gasteiger partial charge in [-0.1, -0.05) is 110 Å². The van der Waals surface area contributed by atoms with E-state index in [1.54, 1.807) is 12.1 Å². The Labute approximate surface area is 308 Å². The maximum absolute atomic E-state index is 14.3. The van der Waals surface area contributed by atoms with Gasteiger partial charge in [0, 0.05) is 36.4 Å². The van der Waals surface area contributed by atoms with Crippen LogP contribution >= 0.6 is 0 Å². The molecule has 2 atom stereocenters. The number of rotatable bonds is 13. The monoisotopic (exact) mass is 695 g/mol. The molecule has 0 spiro atoms. The average molecular weight is 696 g/mol. The van der Waals surface area contributed by atoms with E-state index in [1.807, 2.05) is 29.2 Å². The van der Waals surface area contributed by atoms with Gasteiger partial charge in [0.2, 0.25) is 0 Å². The van der Waals surface area contributed by atoms with Crippen molar-refractivity contribution in [1.82, 2.24) is 10.2 Å². The minimum absolute atomic E-state index is 0.132. The molecule has 1 saturated carbocycles. The van der Waals surface area contributed by atoms with Crippen molar-refractivity contribution >= 4 is 11.6 Å². The van der Waals surface area contributed by atoms with Gasteiger partial charge in [0.25, 0.3) is 5.91 Å². The summed E-state index contributed by atoms with van der Waals surface area (Å²) in [6.45, 7) is 4.32. The number of hydrogen-bond donors (Lipinski definition) is 1. The number of halogens is 1. The van der Waals surface area contributed by atoms with Crippen LogP contribution in [0.3, 0.4) is 0 Å². The fraction of sp³-hybridized carbons (Fsp3) is 0.326. The molecule has 5 nitrogen and oxygen atoms in total. The first kappa shape index (κ1) is 35.6. The van der Waals surface area contributed by atoms with E-state index in [0.29, 0.717) is 18.7 Å². The number of nitrogens with one attached hydrogen (secondary N) is 1. The maximum Gasteiger partial charge on any atom is 0.258 e. The molecule has 2 unspecified atom stereocenters. The van der Waals surface area contributed by atoms with Crippen LogP contribution in [0, 0.1) is 11.7 Å². The molecule has 1 aliphatic heterocycles. The van der Waals surface area contributed by atoms with Crippen LogP contribution in [0.1, 0.15) is 72.0 Å². The van der Waals surface area contributed by atoms with Gasteiger partial charge in [-0.3, -0.25) is 15.0 Å². The Morgan fingerprint density at radius 1 is 0.731 bits per heavy atom. The smallest absolute Gasteiger partial charge is 0.258 e. The van der Waals surface area contributed by atoms with Crippen molar-refractivity contribution in [3.8, 4) is 5.75 Å². The summed E-state index contributed by atoms with van der Waals surface area (Å²) >= 11 is 0. The van der Waals surface area contributed by atoms with Crippen molar-refractivity contribution in [2.24, 2.45) is 5.92 Å². The molecule has 5 aromatic rings. The van der Waals surface area contributed by atoms with E-state index in [0.717, 1.165) is 56.8 Å². The summed E-state index contributed by atoms with van der Waals surface area (Å²) in [5.41, 5.74) is 4.30. The zero-order chi connectivity index (χ0) is 35.6. The van der Waals surface area contributed by atoms with E-state index in [-0.39, 0.29) is 23.7 Å². The van der Waals surface area contributed by atoms with Crippen LogP contribution in [-0.4, -0.2) is 49.6 Å². The molecule has 2 aliphatic rings. The molecule has 0 bridgehead atoms. The molecule has 52 heavy (non-hydrogen) atoms. The van der Waals surface area contributed by atoms with Crippen LogP contribution in [-0.2, 0) is 5.54 Å². The minimum atomic E-state index is -0.556. The quantitative estimate of drug-likeness (QED) is 0.125. The number of hydrogen-bond acceptors (Lipinski definition) is 4. The zero-order valence-corrected chi connectivity index (χ0v) is 30.0. The molecular weight excluding hydrogens is 646 g/mol. The van der Waals surface area contributed by atoms with E-state index in [1.165, 1.54) is 48.1 Å². The van der Waals surface area contributed by atoms with Crippen molar-refractivity contribution in [1.29, 1.82) is 0 Å². The summed E-state index contributed by atoms with van der Waals surface area (Å²) in [6.07, 6.45) is 7.83. The van der Waals surface area contributed by atoms with Gasteiger partial charge >= 0.3 is 0 Å². The molecule has 5 aromatic carbocycles. The molecule has 1 saturated heterocycles. The summed E-state index contributed by atoms with van der Waals surface area (Å²) in [6, 6.07) is 46.3. The topological polar surface area (TPSA) is 44.8 Å². The predicted octanol–water partition coefficient (Wildman–Crippen LogP) is 9.48. The predicted molar refractivity (Wildman–Crippen MR) is 208 cm³/mol. The SMILES string of the molecule is O=C(c1ccc(F)cc1)N(CC1CCCC(NC(c2ccccc2)(c2ccccc2)c2ccccc2)C1)c1cccc(OCCN2CCCCC2)c1. The average Bonchev–Trinajstić information content (AvgIpc) is 3.21. The van der Waals surface area contributed by atoms with Crippen molar-refractivity contribution < 1.29 is 13.9 Å². The van der Waals surface area contributed by atoms with Crippen LogP contribution in [0.5, 0.6) is 5.75 Å². The number of nitrogens with zero attached hydrogens (tertiary/aromatic N) is 2. The highest BCUT2D eigenvalue weighted by Crippen LogP contribution is 2.39. The molecule has 1 N–H and O–H groups in total. The zero-order valence-electron chi connectivity index (χ0n) is 30.0. The molecule has 0 aromatic heterocycles. The Kier molecular flexibility index (Phi) is 11.8. The summed E-state index contributed by atoms with van der Waals surface area (Å²) in [5, 5.41) is 4.22. The summed E-state index contributed by atoms with van der Waals surface area (Å²) < 4.78 is 20.2. The van der Waals surface area contributed by atoms with Crippen molar-refractivity contribution in [2.75, 3.05) is 37.7 Å². The molecule has 1 aliphatic carbocycles. The Hall–Kier alpha value is -4.78. The fourth-order valence-electron chi connectivity index (χ4n) is 8.24. The van der Waals surface area contributed by atoms with Crippen LogP contribution in [0.15, 0.2) is 140 Å². The van der Waals surface area contributed by atoms with Gasteiger partial charge in [-0.25, -0.2) is 4.39 Å². The third-order valence-corrected chi connectivity index (χ3v) is 10.9. The third kappa shape index (κ3) is 8.46. The van der Waals surface area contributed by atoms with Gasteiger partial charge in [-0.15, -0.1) is 0 Å². The van der Waals surface area contributed by atoms with Gasteiger partial charge < -0.3 is 9.64 Å². The van der Waals surface area contributed by atoms with E-state index in [9.17, 15) is 9.18 Å². The Balaban J connectivity index is 1.15. The number of carbonyl (C=O) groups excluding carboxylic acids is 1. The molecule has 2 fully saturated rings. The van der Waals surface area contributed by atoms with Gasteiger partial charge in [0.05, 0.1) is 5.54 Å². The van der Waals surface area contributed by atoms with Gasteiger partial charge in [0.15, 0.2) is 0 Å². The molecule has 7 rings (SSSR count). The number of anilines is 1. The Morgan fingerprint density at radius 2 is 1.35 bits per heavy atom. The lowest BCUT2D eigenvalue weighted by atomic mass is 9.75. The van der Waals surface area contributed by atoms with Gasteiger partial charge in [-0.05, 0) is 104 Å². The van der Waals surface area contributed by atoms with Crippen LogP contribution in [0.25, 0.3) is 0 Å².